The van der Waals surface area contributed by atoms with Crippen molar-refractivity contribution in [2.75, 3.05) is 43.1 Å². The third-order valence-electron chi connectivity index (χ3n) is 3.94. The van der Waals surface area contributed by atoms with Crippen molar-refractivity contribution in [3.05, 3.63) is 12.3 Å². The number of ether oxygens (including phenoxy) is 1. The molecule has 2 fully saturated rings. The van der Waals surface area contributed by atoms with E-state index in [2.05, 4.69) is 9.97 Å². The minimum absolute atomic E-state index is 0.125. The van der Waals surface area contributed by atoms with Gasteiger partial charge in [-0.1, -0.05) is 0 Å². The van der Waals surface area contributed by atoms with Crippen molar-refractivity contribution < 1.29 is 9.53 Å². The quantitative estimate of drug-likeness (QED) is 0.831. The molecule has 21 heavy (non-hydrogen) atoms. The van der Waals surface area contributed by atoms with E-state index in [-0.39, 0.29) is 11.9 Å². The predicted octanol–water partition coefficient (Wildman–Crippen LogP) is 1.03. The van der Waals surface area contributed by atoms with Crippen LogP contribution in [0.15, 0.2) is 12.3 Å². The van der Waals surface area contributed by atoms with Gasteiger partial charge < -0.3 is 14.5 Å². The zero-order valence-electron chi connectivity index (χ0n) is 12.2. The summed E-state index contributed by atoms with van der Waals surface area (Å²) >= 11 is 1.91. The molecule has 6 nitrogen and oxygen atoms in total. The highest BCUT2D eigenvalue weighted by Gasteiger charge is 2.35. The second-order valence-electron chi connectivity index (χ2n) is 5.19. The first kappa shape index (κ1) is 14.4. The summed E-state index contributed by atoms with van der Waals surface area (Å²) in [6.07, 6.45) is 3.56. The zero-order chi connectivity index (χ0) is 14.7. The van der Waals surface area contributed by atoms with E-state index in [0.29, 0.717) is 11.8 Å². The Kier molecular flexibility index (Phi) is 4.48. The lowest BCUT2D eigenvalue weighted by atomic mass is 10.2. The average Bonchev–Trinajstić information content (AvgIpc) is 3.04. The summed E-state index contributed by atoms with van der Waals surface area (Å²) < 4.78 is 5.15. The van der Waals surface area contributed by atoms with Crippen molar-refractivity contribution in [1.29, 1.82) is 0 Å². The Bertz CT molecular complexity index is 508. The third kappa shape index (κ3) is 3.07. The fourth-order valence-corrected chi connectivity index (χ4v) is 3.74. The fraction of sp³-hybridized carbons (Fsp3) is 0.643. The Balaban J connectivity index is 1.76. The Hall–Kier alpha value is -1.50. The molecule has 0 aromatic carbocycles. The smallest absolute Gasteiger partial charge is 0.245 e. The van der Waals surface area contributed by atoms with Crippen LogP contribution in [0.2, 0.25) is 0 Å². The molecule has 0 aliphatic carbocycles. The van der Waals surface area contributed by atoms with Crippen LogP contribution in [0.5, 0.6) is 5.88 Å². The van der Waals surface area contributed by atoms with Gasteiger partial charge in [-0.25, -0.2) is 4.98 Å². The molecule has 7 heteroatoms. The monoisotopic (exact) mass is 308 g/mol. The summed E-state index contributed by atoms with van der Waals surface area (Å²) in [4.78, 5) is 25.4. The van der Waals surface area contributed by atoms with E-state index in [4.69, 9.17) is 4.74 Å². The van der Waals surface area contributed by atoms with E-state index in [1.807, 2.05) is 21.6 Å². The maximum absolute atomic E-state index is 12.7. The Labute approximate surface area is 128 Å². The maximum Gasteiger partial charge on any atom is 0.245 e. The number of aromatic nitrogens is 2. The number of hydrogen-bond acceptors (Lipinski definition) is 6. The van der Waals surface area contributed by atoms with Crippen LogP contribution in [-0.2, 0) is 4.79 Å². The van der Waals surface area contributed by atoms with Crippen LogP contribution in [-0.4, -0.2) is 65.1 Å². The van der Waals surface area contributed by atoms with Gasteiger partial charge in [0.1, 0.15) is 6.04 Å². The molecule has 2 saturated heterocycles. The number of amides is 1. The SMILES string of the molecule is COc1ccnc(N2CCCC2C(=O)N2CCSCC2)n1. The molecular weight excluding hydrogens is 288 g/mol. The first-order chi connectivity index (χ1) is 10.3. The van der Waals surface area contributed by atoms with E-state index >= 15 is 0 Å². The van der Waals surface area contributed by atoms with Crippen LogP contribution in [0.1, 0.15) is 12.8 Å². The van der Waals surface area contributed by atoms with Gasteiger partial charge in [0.2, 0.25) is 17.7 Å². The van der Waals surface area contributed by atoms with Crippen LogP contribution in [0.25, 0.3) is 0 Å². The summed E-state index contributed by atoms with van der Waals surface area (Å²) in [5.41, 5.74) is 0. The minimum Gasteiger partial charge on any atom is -0.481 e. The maximum atomic E-state index is 12.7. The summed E-state index contributed by atoms with van der Waals surface area (Å²) in [6, 6.07) is 1.60. The van der Waals surface area contributed by atoms with Crippen molar-refractivity contribution in [3.8, 4) is 5.88 Å². The molecule has 1 aromatic heterocycles. The summed E-state index contributed by atoms with van der Waals surface area (Å²) in [5, 5.41) is 0. The van der Waals surface area contributed by atoms with Gasteiger partial charge in [-0.05, 0) is 12.8 Å². The van der Waals surface area contributed by atoms with Crippen LogP contribution >= 0.6 is 11.8 Å². The molecule has 114 valence electrons. The Morgan fingerprint density at radius 1 is 1.38 bits per heavy atom. The number of hydrogen-bond donors (Lipinski definition) is 0. The van der Waals surface area contributed by atoms with Crippen molar-refractivity contribution in [2.45, 2.75) is 18.9 Å². The van der Waals surface area contributed by atoms with E-state index in [0.717, 1.165) is 44.0 Å². The van der Waals surface area contributed by atoms with E-state index in [9.17, 15) is 4.79 Å². The summed E-state index contributed by atoms with van der Waals surface area (Å²) in [5.74, 6) is 3.42. The molecular formula is C14H20N4O2S. The molecule has 0 saturated carbocycles. The number of nitrogens with zero attached hydrogens (tertiary/aromatic N) is 4. The van der Waals surface area contributed by atoms with Gasteiger partial charge in [-0.15, -0.1) is 0 Å². The van der Waals surface area contributed by atoms with Crippen molar-refractivity contribution in [3.63, 3.8) is 0 Å². The number of methoxy groups -OCH3 is 1. The molecule has 0 N–H and O–H groups in total. The molecule has 2 aliphatic heterocycles. The van der Waals surface area contributed by atoms with Gasteiger partial charge in [0.15, 0.2) is 0 Å². The third-order valence-corrected chi connectivity index (χ3v) is 4.89. The van der Waals surface area contributed by atoms with Gasteiger partial charge in [-0.3, -0.25) is 4.79 Å². The molecule has 0 spiro atoms. The molecule has 0 bridgehead atoms. The summed E-state index contributed by atoms with van der Waals surface area (Å²) in [6.45, 7) is 2.53. The van der Waals surface area contributed by atoms with Gasteiger partial charge in [0.25, 0.3) is 0 Å². The van der Waals surface area contributed by atoms with Gasteiger partial charge >= 0.3 is 0 Å². The highest BCUT2D eigenvalue weighted by Crippen LogP contribution is 2.25. The Morgan fingerprint density at radius 3 is 2.95 bits per heavy atom. The van der Waals surface area contributed by atoms with Gasteiger partial charge in [-0.2, -0.15) is 16.7 Å². The lowest BCUT2D eigenvalue weighted by molar-refractivity contribution is -0.132. The molecule has 1 unspecified atom stereocenters. The van der Waals surface area contributed by atoms with Crippen molar-refractivity contribution in [2.24, 2.45) is 0 Å². The van der Waals surface area contributed by atoms with E-state index in [1.54, 1.807) is 19.4 Å². The second-order valence-corrected chi connectivity index (χ2v) is 6.41. The highest BCUT2D eigenvalue weighted by atomic mass is 32.2. The van der Waals surface area contributed by atoms with Crippen molar-refractivity contribution in [1.82, 2.24) is 14.9 Å². The number of thioether (sulfide) groups is 1. The van der Waals surface area contributed by atoms with E-state index in [1.165, 1.54) is 0 Å². The standard InChI is InChI=1S/C14H20N4O2S/c1-20-12-4-5-15-14(16-12)18-6-2-3-11(18)13(19)17-7-9-21-10-8-17/h4-5,11H,2-3,6-10H2,1H3. The van der Waals surface area contributed by atoms with Crippen LogP contribution in [0, 0.1) is 0 Å². The molecule has 0 radical (unpaired) electrons. The van der Waals surface area contributed by atoms with Gasteiger partial charge in [0.05, 0.1) is 7.11 Å². The number of rotatable bonds is 3. The largest absolute Gasteiger partial charge is 0.481 e. The van der Waals surface area contributed by atoms with Crippen LogP contribution in [0.3, 0.4) is 0 Å². The average molecular weight is 308 g/mol. The molecule has 1 aromatic rings. The highest BCUT2D eigenvalue weighted by molar-refractivity contribution is 7.99. The van der Waals surface area contributed by atoms with Gasteiger partial charge in [0, 0.05) is 43.4 Å². The first-order valence-electron chi connectivity index (χ1n) is 7.30. The van der Waals surface area contributed by atoms with Crippen LogP contribution < -0.4 is 9.64 Å². The summed E-state index contributed by atoms with van der Waals surface area (Å²) in [7, 11) is 1.59. The van der Waals surface area contributed by atoms with Crippen molar-refractivity contribution >= 4 is 23.6 Å². The number of carbonyl (C=O) groups excluding carboxylic acids is 1. The number of anilines is 1. The molecule has 1 atom stereocenters. The molecule has 3 heterocycles. The number of carbonyl (C=O) groups is 1. The normalized spacial score (nSPS) is 22.4. The lowest BCUT2D eigenvalue weighted by Crippen LogP contribution is -2.49. The zero-order valence-corrected chi connectivity index (χ0v) is 13.0. The minimum atomic E-state index is -0.125. The molecule has 2 aliphatic rings. The molecule has 3 rings (SSSR count). The first-order valence-corrected chi connectivity index (χ1v) is 8.45. The predicted molar refractivity (Wildman–Crippen MR) is 82.9 cm³/mol. The topological polar surface area (TPSA) is 58.6 Å². The lowest BCUT2D eigenvalue weighted by Gasteiger charge is -2.32. The second kappa shape index (κ2) is 6.51. The fourth-order valence-electron chi connectivity index (χ4n) is 2.84. The molecule has 1 amide bonds. The van der Waals surface area contributed by atoms with E-state index < -0.39 is 0 Å². The van der Waals surface area contributed by atoms with Crippen LogP contribution in [0.4, 0.5) is 5.95 Å². The Morgan fingerprint density at radius 2 is 2.19 bits per heavy atom.